The van der Waals surface area contributed by atoms with Crippen molar-refractivity contribution in [2.75, 3.05) is 11.5 Å². The second-order valence-electron chi connectivity index (χ2n) is 4.06. The van der Waals surface area contributed by atoms with Gasteiger partial charge in [-0.2, -0.15) is 0 Å². The Bertz CT molecular complexity index is 596. The van der Waals surface area contributed by atoms with Crippen molar-refractivity contribution in [3.63, 3.8) is 0 Å². The second kappa shape index (κ2) is 6.08. The summed E-state index contributed by atoms with van der Waals surface area (Å²) in [7, 11) is 0. The molecule has 0 atom stereocenters. The van der Waals surface area contributed by atoms with Gasteiger partial charge < -0.3 is 5.73 Å². The van der Waals surface area contributed by atoms with Crippen molar-refractivity contribution in [3.8, 4) is 0 Å². The quantitative estimate of drug-likeness (QED) is 0.691. The lowest BCUT2D eigenvalue weighted by Crippen LogP contribution is -2.10. The third-order valence-electron chi connectivity index (χ3n) is 2.63. The predicted molar refractivity (Wildman–Crippen MR) is 79.9 cm³/mol. The zero-order valence-corrected chi connectivity index (χ0v) is 12.0. The molecule has 5 heteroatoms. The minimum atomic E-state index is -0.0203. The summed E-state index contributed by atoms with van der Waals surface area (Å²) in [6, 6.07) is 9.20. The number of ketones is 1. The van der Waals surface area contributed by atoms with Gasteiger partial charge in [0.05, 0.1) is 11.3 Å². The number of anilines is 1. The highest BCUT2D eigenvalue weighted by Gasteiger charge is 2.13. The first kappa shape index (κ1) is 13.9. The first-order valence-corrected chi connectivity index (χ1v) is 7.07. The fraction of sp³-hybridized carbons (Fsp3) is 0.143. The molecule has 0 radical (unpaired) electrons. The average Bonchev–Trinajstić information content (AvgIpc) is 2.36. The molecule has 98 valence electrons. The van der Waals surface area contributed by atoms with Gasteiger partial charge in [-0.3, -0.25) is 4.79 Å². The lowest BCUT2D eigenvalue weighted by Gasteiger charge is -2.07. The molecule has 0 saturated carbocycles. The number of hydrogen-bond donors (Lipinski definition) is 1. The first-order chi connectivity index (χ1) is 9.08. The van der Waals surface area contributed by atoms with E-state index in [1.165, 1.54) is 11.8 Å². The molecule has 1 heterocycles. The van der Waals surface area contributed by atoms with Crippen LogP contribution in [-0.4, -0.2) is 16.5 Å². The van der Waals surface area contributed by atoms with Crippen LogP contribution < -0.4 is 5.73 Å². The topological polar surface area (TPSA) is 56.0 Å². The van der Waals surface area contributed by atoms with Gasteiger partial charge in [0.15, 0.2) is 5.78 Å². The van der Waals surface area contributed by atoms with Crippen LogP contribution in [0.5, 0.6) is 0 Å². The van der Waals surface area contributed by atoms with E-state index in [4.69, 9.17) is 17.3 Å². The van der Waals surface area contributed by atoms with Crippen LogP contribution in [0.2, 0.25) is 5.02 Å². The Morgan fingerprint density at radius 1 is 1.42 bits per heavy atom. The Hall–Kier alpha value is -1.52. The standard InChI is InChI=1S/C14H13ClN2OS/c1-9-5-6-17-14(16)13(9)12(18)8-19-11-4-2-3-10(15)7-11/h2-7H,8H2,1H3,(H2,16,17). The van der Waals surface area contributed by atoms with E-state index >= 15 is 0 Å². The molecule has 0 unspecified atom stereocenters. The molecule has 2 N–H and O–H groups in total. The van der Waals surface area contributed by atoms with Crippen LogP contribution in [0.25, 0.3) is 0 Å². The van der Waals surface area contributed by atoms with Crippen molar-refractivity contribution in [3.05, 3.63) is 52.7 Å². The number of benzene rings is 1. The van der Waals surface area contributed by atoms with Gasteiger partial charge in [0.2, 0.25) is 0 Å². The number of hydrogen-bond acceptors (Lipinski definition) is 4. The van der Waals surface area contributed by atoms with Crippen LogP contribution in [0.15, 0.2) is 41.4 Å². The number of carbonyl (C=O) groups excluding carboxylic acids is 1. The maximum Gasteiger partial charge on any atom is 0.177 e. The highest BCUT2D eigenvalue weighted by Crippen LogP contribution is 2.24. The maximum absolute atomic E-state index is 12.2. The summed E-state index contributed by atoms with van der Waals surface area (Å²) in [5, 5.41) is 0.662. The van der Waals surface area contributed by atoms with E-state index in [1.807, 2.05) is 25.1 Å². The lowest BCUT2D eigenvalue weighted by molar-refractivity contribution is 0.102. The van der Waals surface area contributed by atoms with Crippen molar-refractivity contribution in [1.29, 1.82) is 0 Å². The minimum Gasteiger partial charge on any atom is -0.383 e. The van der Waals surface area contributed by atoms with Gasteiger partial charge in [-0.1, -0.05) is 17.7 Å². The van der Waals surface area contributed by atoms with E-state index < -0.39 is 0 Å². The van der Waals surface area contributed by atoms with Crippen LogP contribution >= 0.6 is 23.4 Å². The Kier molecular flexibility index (Phi) is 4.45. The van der Waals surface area contributed by atoms with Crippen LogP contribution in [0, 0.1) is 6.92 Å². The monoisotopic (exact) mass is 292 g/mol. The summed E-state index contributed by atoms with van der Waals surface area (Å²) < 4.78 is 0. The largest absolute Gasteiger partial charge is 0.383 e. The molecule has 0 aliphatic carbocycles. The smallest absolute Gasteiger partial charge is 0.177 e. The molecular formula is C14H13ClN2OS. The number of rotatable bonds is 4. The van der Waals surface area contributed by atoms with Crippen molar-refractivity contribution < 1.29 is 4.79 Å². The number of nitrogens with two attached hydrogens (primary N) is 1. The summed E-state index contributed by atoms with van der Waals surface area (Å²) in [5.74, 6) is 0.585. The molecule has 0 aliphatic rings. The van der Waals surface area contributed by atoms with Crippen LogP contribution in [0.4, 0.5) is 5.82 Å². The highest BCUT2D eigenvalue weighted by atomic mass is 35.5. The van der Waals surface area contributed by atoms with Crippen molar-refractivity contribution in [2.24, 2.45) is 0 Å². The molecule has 0 spiro atoms. The molecule has 3 nitrogen and oxygen atoms in total. The van der Waals surface area contributed by atoms with E-state index in [9.17, 15) is 4.79 Å². The van der Waals surface area contributed by atoms with Gasteiger partial charge >= 0.3 is 0 Å². The highest BCUT2D eigenvalue weighted by molar-refractivity contribution is 8.00. The number of aryl methyl sites for hydroxylation is 1. The zero-order valence-electron chi connectivity index (χ0n) is 10.4. The fourth-order valence-electron chi connectivity index (χ4n) is 1.72. The number of Topliss-reactive ketones (excluding diaryl/α,β-unsaturated/α-hetero) is 1. The van der Waals surface area contributed by atoms with Crippen molar-refractivity contribution >= 4 is 35.0 Å². The third-order valence-corrected chi connectivity index (χ3v) is 3.86. The number of nitrogen functional groups attached to an aromatic ring is 1. The zero-order chi connectivity index (χ0) is 13.8. The third kappa shape index (κ3) is 3.49. The molecule has 19 heavy (non-hydrogen) atoms. The van der Waals surface area contributed by atoms with E-state index in [0.29, 0.717) is 16.3 Å². The Morgan fingerprint density at radius 2 is 2.21 bits per heavy atom. The summed E-state index contributed by atoms with van der Waals surface area (Å²) in [6.45, 7) is 1.86. The normalized spacial score (nSPS) is 10.4. The number of halogens is 1. The Balaban J connectivity index is 2.10. The van der Waals surface area contributed by atoms with Gasteiger partial charge in [-0.05, 0) is 36.8 Å². The maximum atomic E-state index is 12.2. The van der Waals surface area contributed by atoms with Crippen LogP contribution in [-0.2, 0) is 0 Å². The van der Waals surface area contributed by atoms with Gasteiger partial charge in [0.1, 0.15) is 5.82 Å². The number of thioether (sulfide) groups is 1. The van der Waals surface area contributed by atoms with E-state index in [0.717, 1.165) is 10.5 Å². The molecule has 1 aromatic carbocycles. The molecule has 2 rings (SSSR count). The lowest BCUT2D eigenvalue weighted by atomic mass is 10.1. The fourth-order valence-corrected chi connectivity index (χ4v) is 2.80. The molecule has 1 aromatic heterocycles. The molecule has 0 fully saturated rings. The molecule has 0 saturated heterocycles. The molecule has 0 aliphatic heterocycles. The summed E-state index contributed by atoms with van der Waals surface area (Å²) in [4.78, 5) is 17.1. The number of aromatic nitrogens is 1. The first-order valence-electron chi connectivity index (χ1n) is 5.70. The van der Waals surface area contributed by atoms with Crippen LogP contribution in [0.1, 0.15) is 15.9 Å². The van der Waals surface area contributed by atoms with Gasteiger partial charge in [-0.15, -0.1) is 11.8 Å². The molecule has 2 aromatic rings. The number of nitrogens with zero attached hydrogens (tertiary/aromatic N) is 1. The Labute approximate surface area is 121 Å². The van der Waals surface area contributed by atoms with Crippen molar-refractivity contribution in [1.82, 2.24) is 4.98 Å². The Morgan fingerprint density at radius 3 is 2.89 bits per heavy atom. The van der Waals surface area contributed by atoms with E-state index in [1.54, 1.807) is 18.3 Å². The van der Waals surface area contributed by atoms with Gasteiger partial charge in [0, 0.05) is 16.1 Å². The van der Waals surface area contributed by atoms with E-state index in [-0.39, 0.29) is 11.6 Å². The van der Waals surface area contributed by atoms with Crippen molar-refractivity contribution in [2.45, 2.75) is 11.8 Å². The molecule has 0 bridgehead atoms. The summed E-state index contributed by atoms with van der Waals surface area (Å²) in [5.41, 5.74) is 7.12. The SMILES string of the molecule is Cc1ccnc(N)c1C(=O)CSc1cccc(Cl)c1. The minimum absolute atomic E-state index is 0.0203. The van der Waals surface area contributed by atoms with E-state index in [2.05, 4.69) is 4.98 Å². The second-order valence-corrected chi connectivity index (χ2v) is 5.54. The van der Waals surface area contributed by atoms with Gasteiger partial charge in [0.25, 0.3) is 0 Å². The average molecular weight is 293 g/mol. The number of pyridine rings is 1. The predicted octanol–water partition coefficient (Wildman–Crippen LogP) is 3.60. The molecule has 0 amide bonds. The summed E-state index contributed by atoms with van der Waals surface area (Å²) in [6.07, 6.45) is 1.60. The van der Waals surface area contributed by atoms with Gasteiger partial charge in [-0.25, -0.2) is 4.98 Å². The van der Waals surface area contributed by atoms with Crippen LogP contribution in [0.3, 0.4) is 0 Å². The molecular weight excluding hydrogens is 280 g/mol. The number of carbonyl (C=O) groups is 1. The summed E-state index contributed by atoms with van der Waals surface area (Å²) >= 11 is 7.34.